The average molecular weight is 402 g/mol. The number of halogens is 1. The number of nitrogens with one attached hydrogen (secondary N) is 1. The van der Waals surface area contributed by atoms with Crippen molar-refractivity contribution in [3.05, 3.63) is 113 Å². The summed E-state index contributed by atoms with van der Waals surface area (Å²) in [6.45, 7) is 2.19. The van der Waals surface area contributed by atoms with Crippen LogP contribution in [-0.4, -0.2) is 7.11 Å². The van der Waals surface area contributed by atoms with Gasteiger partial charge in [-0.05, 0) is 47.0 Å². The van der Waals surface area contributed by atoms with E-state index in [-0.39, 0.29) is 12.1 Å². The molecule has 0 radical (unpaired) electrons. The van der Waals surface area contributed by atoms with Crippen molar-refractivity contribution in [2.24, 2.45) is 0 Å². The van der Waals surface area contributed by atoms with Crippen LogP contribution in [0.1, 0.15) is 35.7 Å². The van der Waals surface area contributed by atoms with Gasteiger partial charge in [-0.15, -0.1) is 0 Å². The lowest BCUT2D eigenvalue weighted by Gasteiger charge is -2.27. The van der Waals surface area contributed by atoms with Crippen molar-refractivity contribution in [1.82, 2.24) is 5.32 Å². The molecule has 2 nitrogen and oxygen atoms in total. The average Bonchev–Trinajstić information content (AvgIpc) is 2.78. The van der Waals surface area contributed by atoms with Crippen LogP contribution in [0, 0.1) is 0 Å². The fourth-order valence-corrected chi connectivity index (χ4v) is 3.97. The summed E-state index contributed by atoms with van der Waals surface area (Å²) in [5, 5.41) is 6.93. The second-order valence-electron chi connectivity index (χ2n) is 7.19. The van der Waals surface area contributed by atoms with Crippen LogP contribution >= 0.6 is 11.6 Å². The topological polar surface area (TPSA) is 21.3 Å². The van der Waals surface area contributed by atoms with E-state index in [1.54, 1.807) is 7.11 Å². The molecular weight excluding hydrogens is 378 g/mol. The smallest absolute Gasteiger partial charge is 0.124 e. The fourth-order valence-electron chi connectivity index (χ4n) is 3.84. The Morgan fingerprint density at radius 2 is 1.45 bits per heavy atom. The van der Waals surface area contributed by atoms with Gasteiger partial charge in [-0.1, -0.05) is 84.4 Å². The molecule has 2 atom stereocenters. The first-order valence-corrected chi connectivity index (χ1v) is 10.2. The summed E-state index contributed by atoms with van der Waals surface area (Å²) >= 11 is 6.17. The maximum atomic E-state index is 6.17. The molecule has 0 unspecified atom stereocenters. The lowest BCUT2D eigenvalue weighted by Crippen LogP contribution is -2.26. The highest BCUT2D eigenvalue weighted by Crippen LogP contribution is 2.38. The molecule has 0 bridgehead atoms. The van der Waals surface area contributed by atoms with E-state index in [2.05, 4.69) is 85.0 Å². The Kier molecular flexibility index (Phi) is 5.84. The number of ether oxygens (including phenoxy) is 1. The SMILES string of the molecule is COc1ccc2ccccc2c1[C@H](N[C@H](C)c1ccccc1)c1ccc(Cl)cc1. The third-order valence-electron chi connectivity index (χ3n) is 5.36. The van der Waals surface area contributed by atoms with Crippen molar-refractivity contribution in [3.8, 4) is 5.75 Å². The first-order chi connectivity index (χ1) is 14.2. The van der Waals surface area contributed by atoms with Gasteiger partial charge in [0.05, 0.1) is 13.2 Å². The largest absolute Gasteiger partial charge is 0.496 e. The molecule has 0 heterocycles. The quantitative estimate of drug-likeness (QED) is 0.377. The summed E-state index contributed by atoms with van der Waals surface area (Å²) in [5.74, 6) is 0.872. The first-order valence-electron chi connectivity index (χ1n) is 9.79. The molecule has 0 aromatic heterocycles. The van der Waals surface area contributed by atoms with E-state index < -0.39 is 0 Å². The molecule has 1 N–H and O–H groups in total. The van der Waals surface area contributed by atoms with Crippen LogP contribution < -0.4 is 10.1 Å². The molecule has 0 aliphatic carbocycles. The molecule has 0 aliphatic rings. The maximum Gasteiger partial charge on any atom is 0.124 e. The van der Waals surface area contributed by atoms with E-state index in [9.17, 15) is 0 Å². The van der Waals surface area contributed by atoms with Gasteiger partial charge in [0.2, 0.25) is 0 Å². The van der Waals surface area contributed by atoms with E-state index >= 15 is 0 Å². The van der Waals surface area contributed by atoms with Gasteiger partial charge in [0.25, 0.3) is 0 Å². The highest BCUT2D eigenvalue weighted by molar-refractivity contribution is 6.30. The Labute approximate surface area is 177 Å². The summed E-state index contributed by atoms with van der Waals surface area (Å²) in [6, 6.07) is 31.2. The summed E-state index contributed by atoms with van der Waals surface area (Å²) in [4.78, 5) is 0. The summed E-state index contributed by atoms with van der Waals surface area (Å²) in [5.41, 5.74) is 3.52. The van der Waals surface area contributed by atoms with Crippen LogP contribution in [0.5, 0.6) is 5.75 Å². The van der Waals surface area contributed by atoms with Crippen LogP contribution in [0.25, 0.3) is 10.8 Å². The van der Waals surface area contributed by atoms with Gasteiger partial charge >= 0.3 is 0 Å². The Morgan fingerprint density at radius 3 is 2.17 bits per heavy atom. The Bertz CT molecular complexity index is 1090. The molecule has 0 fully saturated rings. The van der Waals surface area contributed by atoms with Crippen LogP contribution in [0.4, 0.5) is 0 Å². The molecule has 0 amide bonds. The van der Waals surface area contributed by atoms with Crippen molar-refractivity contribution in [1.29, 1.82) is 0 Å². The normalized spacial score (nSPS) is 13.2. The van der Waals surface area contributed by atoms with E-state index in [1.807, 2.05) is 18.2 Å². The second kappa shape index (κ2) is 8.69. The first kappa shape index (κ1) is 19.5. The monoisotopic (exact) mass is 401 g/mol. The second-order valence-corrected chi connectivity index (χ2v) is 7.62. The van der Waals surface area contributed by atoms with Crippen molar-refractivity contribution in [2.45, 2.75) is 19.0 Å². The molecule has 0 aliphatic heterocycles. The Balaban J connectivity index is 1.87. The molecule has 29 heavy (non-hydrogen) atoms. The number of methoxy groups -OCH3 is 1. The van der Waals surface area contributed by atoms with Crippen molar-refractivity contribution < 1.29 is 4.74 Å². The number of fused-ring (bicyclic) bond motifs is 1. The number of rotatable bonds is 6. The molecular formula is C26H24ClNO. The lowest BCUT2D eigenvalue weighted by atomic mass is 9.91. The van der Waals surface area contributed by atoms with Gasteiger partial charge in [0, 0.05) is 16.6 Å². The van der Waals surface area contributed by atoms with Crippen molar-refractivity contribution in [3.63, 3.8) is 0 Å². The van der Waals surface area contributed by atoms with E-state index in [1.165, 1.54) is 16.3 Å². The van der Waals surface area contributed by atoms with Crippen LogP contribution in [-0.2, 0) is 0 Å². The number of hydrogen-bond donors (Lipinski definition) is 1. The highest BCUT2D eigenvalue weighted by Gasteiger charge is 2.23. The third kappa shape index (κ3) is 4.14. The maximum absolute atomic E-state index is 6.17. The molecule has 4 aromatic carbocycles. The summed E-state index contributed by atoms with van der Waals surface area (Å²) in [7, 11) is 1.73. The lowest BCUT2D eigenvalue weighted by molar-refractivity contribution is 0.401. The zero-order valence-electron chi connectivity index (χ0n) is 16.6. The molecule has 4 rings (SSSR count). The predicted octanol–water partition coefficient (Wildman–Crippen LogP) is 6.94. The van der Waals surface area contributed by atoms with Crippen LogP contribution in [0.2, 0.25) is 5.02 Å². The molecule has 0 saturated carbocycles. The van der Waals surface area contributed by atoms with E-state index in [0.717, 1.165) is 21.9 Å². The van der Waals surface area contributed by atoms with Crippen molar-refractivity contribution >= 4 is 22.4 Å². The van der Waals surface area contributed by atoms with Gasteiger partial charge in [-0.2, -0.15) is 0 Å². The van der Waals surface area contributed by atoms with Crippen LogP contribution in [0.3, 0.4) is 0 Å². The van der Waals surface area contributed by atoms with Crippen molar-refractivity contribution in [2.75, 3.05) is 7.11 Å². The highest BCUT2D eigenvalue weighted by atomic mass is 35.5. The molecule has 0 saturated heterocycles. The van der Waals surface area contributed by atoms with Gasteiger partial charge in [0.15, 0.2) is 0 Å². The zero-order chi connectivity index (χ0) is 20.2. The van der Waals surface area contributed by atoms with E-state index in [0.29, 0.717) is 0 Å². The fraction of sp³-hybridized carbons (Fsp3) is 0.154. The predicted molar refractivity (Wildman–Crippen MR) is 122 cm³/mol. The summed E-state index contributed by atoms with van der Waals surface area (Å²) in [6.07, 6.45) is 0. The minimum Gasteiger partial charge on any atom is -0.496 e. The molecule has 4 aromatic rings. The molecule has 0 spiro atoms. The summed E-state index contributed by atoms with van der Waals surface area (Å²) < 4.78 is 5.80. The minimum absolute atomic E-state index is 0.0523. The molecule has 3 heteroatoms. The zero-order valence-corrected chi connectivity index (χ0v) is 17.4. The van der Waals surface area contributed by atoms with Gasteiger partial charge < -0.3 is 4.74 Å². The van der Waals surface area contributed by atoms with E-state index in [4.69, 9.17) is 16.3 Å². The van der Waals surface area contributed by atoms with Gasteiger partial charge in [-0.3, -0.25) is 5.32 Å². The Hall–Kier alpha value is -2.81. The third-order valence-corrected chi connectivity index (χ3v) is 5.61. The minimum atomic E-state index is -0.0523. The van der Waals surface area contributed by atoms with Gasteiger partial charge in [0.1, 0.15) is 5.75 Å². The standard InChI is InChI=1S/C26H24ClNO/c1-18(19-8-4-3-5-9-19)28-26(21-12-15-22(27)16-13-21)25-23-11-7-6-10-20(23)14-17-24(25)29-2/h3-18,26,28H,1-2H3/t18-,26-/m1/s1. The number of benzene rings is 4. The molecule has 146 valence electrons. The Morgan fingerprint density at radius 1 is 0.759 bits per heavy atom. The van der Waals surface area contributed by atoms with Gasteiger partial charge in [-0.25, -0.2) is 0 Å². The van der Waals surface area contributed by atoms with Crippen LogP contribution in [0.15, 0.2) is 91.0 Å². The number of hydrogen-bond acceptors (Lipinski definition) is 2.